The lowest BCUT2D eigenvalue weighted by Crippen LogP contribution is -2.41. The third-order valence-corrected chi connectivity index (χ3v) is 4.72. The van der Waals surface area contributed by atoms with E-state index in [4.69, 9.17) is 0 Å². The monoisotopic (exact) mass is 327 g/mol. The van der Waals surface area contributed by atoms with Crippen molar-refractivity contribution in [2.45, 2.75) is 39.5 Å². The second-order valence-electron chi connectivity index (χ2n) is 5.96. The number of anilines is 1. The summed E-state index contributed by atoms with van der Waals surface area (Å²) in [6.45, 7) is 8.11. The van der Waals surface area contributed by atoms with Gasteiger partial charge in [-0.2, -0.15) is 12.7 Å². The van der Waals surface area contributed by atoms with Crippen molar-refractivity contribution in [2.75, 3.05) is 19.4 Å². The Morgan fingerprint density at radius 1 is 1.05 bits per heavy atom. The molecule has 0 aliphatic carbocycles. The van der Waals surface area contributed by atoms with Crippen molar-refractivity contribution in [1.82, 2.24) is 9.03 Å². The predicted molar refractivity (Wildman–Crippen MR) is 89.4 cm³/mol. The number of carbonyl (C=O) groups is 1. The van der Waals surface area contributed by atoms with Crippen molar-refractivity contribution in [2.24, 2.45) is 0 Å². The van der Waals surface area contributed by atoms with Crippen LogP contribution in [0.4, 0.5) is 10.5 Å². The van der Waals surface area contributed by atoms with Crippen molar-refractivity contribution in [3.63, 3.8) is 0 Å². The maximum Gasteiger partial charge on any atom is 0.333 e. The zero-order chi connectivity index (χ0) is 17.1. The van der Waals surface area contributed by atoms with Gasteiger partial charge in [-0.15, -0.1) is 0 Å². The summed E-state index contributed by atoms with van der Waals surface area (Å²) in [5.74, 6) is 0.416. The van der Waals surface area contributed by atoms with E-state index in [1.165, 1.54) is 14.1 Å². The maximum absolute atomic E-state index is 12.1. The first-order chi connectivity index (χ1) is 10.1. The quantitative estimate of drug-likeness (QED) is 0.873. The Morgan fingerprint density at radius 2 is 1.50 bits per heavy atom. The summed E-state index contributed by atoms with van der Waals surface area (Å²) in [7, 11) is -1.10. The predicted octanol–water partition coefficient (Wildman–Crippen LogP) is 2.86. The molecule has 0 heterocycles. The molecule has 22 heavy (non-hydrogen) atoms. The summed E-state index contributed by atoms with van der Waals surface area (Å²) in [5.41, 5.74) is 2.63. The van der Waals surface area contributed by atoms with E-state index in [2.05, 4.69) is 5.32 Å². The summed E-state index contributed by atoms with van der Waals surface area (Å²) in [6, 6.07) is 5.06. The molecule has 0 unspecified atom stereocenters. The second-order valence-corrected chi connectivity index (χ2v) is 7.85. The molecule has 2 N–H and O–H groups in total. The molecular weight excluding hydrogens is 302 g/mol. The van der Waals surface area contributed by atoms with Crippen LogP contribution in [0.3, 0.4) is 0 Å². The Bertz CT molecular complexity index is 611. The van der Waals surface area contributed by atoms with E-state index in [9.17, 15) is 13.2 Å². The lowest BCUT2D eigenvalue weighted by atomic mass is 9.93. The minimum atomic E-state index is -3.81. The largest absolute Gasteiger partial charge is 0.333 e. The van der Waals surface area contributed by atoms with Gasteiger partial charge >= 0.3 is 16.2 Å². The smallest absolute Gasteiger partial charge is 0.307 e. The van der Waals surface area contributed by atoms with Gasteiger partial charge in [-0.05, 0) is 23.0 Å². The molecule has 0 aromatic heterocycles. The first-order valence-electron chi connectivity index (χ1n) is 7.20. The van der Waals surface area contributed by atoms with Crippen molar-refractivity contribution in [3.8, 4) is 0 Å². The number of nitrogens with zero attached hydrogens (tertiary/aromatic N) is 1. The molecule has 0 atom stereocenters. The van der Waals surface area contributed by atoms with E-state index < -0.39 is 16.2 Å². The van der Waals surface area contributed by atoms with Gasteiger partial charge in [-0.1, -0.05) is 45.9 Å². The van der Waals surface area contributed by atoms with Crippen LogP contribution in [-0.4, -0.2) is 32.8 Å². The fourth-order valence-electron chi connectivity index (χ4n) is 2.04. The van der Waals surface area contributed by atoms with Crippen LogP contribution in [0.25, 0.3) is 0 Å². The van der Waals surface area contributed by atoms with Gasteiger partial charge in [0.25, 0.3) is 0 Å². The van der Waals surface area contributed by atoms with Crippen LogP contribution in [0.1, 0.15) is 50.7 Å². The van der Waals surface area contributed by atoms with E-state index in [1.807, 2.05) is 50.6 Å². The number of rotatable bonds is 5. The van der Waals surface area contributed by atoms with E-state index in [0.29, 0.717) is 5.69 Å². The van der Waals surface area contributed by atoms with Gasteiger partial charge in [0.2, 0.25) is 0 Å². The maximum atomic E-state index is 12.1. The summed E-state index contributed by atoms with van der Waals surface area (Å²) in [5, 5.41) is 2.70. The van der Waals surface area contributed by atoms with Crippen LogP contribution in [0.5, 0.6) is 0 Å². The lowest BCUT2D eigenvalue weighted by molar-refractivity contribution is 0.256. The van der Waals surface area contributed by atoms with Gasteiger partial charge in [0.15, 0.2) is 0 Å². The molecule has 2 amide bonds. The van der Waals surface area contributed by atoms with Crippen LogP contribution in [-0.2, 0) is 10.2 Å². The third-order valence-electron chi connectivity index (χ3n) is 3.31. The first kappa shape index (κ1) is 18.4. The number of para-hydroxylation sites is 1. The fourth-order valence-corrected chi connectivity index (χ4v) is 2.51. The summed E-state index contributed by atoms with van der Waals surface area (Å²) >= 11 is 0. The number of urea groups is 1. The number of hydrogen-bond donors (Lipinski definition) is 2. The minimum Gasteiger partial charge on any atom is -0.307 e. The van der Waals surface area contributed by atoms with E-state index in [-0.39, 0.29) is 11.8 Å². The Balaban J connectivity index is 3.14. The molecule has 0 aliphatic rings. The molecule has 0 aliphatic heterocycles. The molecule has 0 saturated carbocycles. The zero-order valence-electron chi connectivity index (χ0n) is 14.0. The highest BCUT2D eigenvalue weighted by Gasteiger charge is 2.20. The highest BCUT2D eigenvalue weighted by molar-refractivity contribution is 7.87. The van der Waals surface area contributed by atoms with E-state index in [0.717, 1.165) is 15.4 Å². The third kappa shape index (κ3) is 4.45. The van der Waals surface area contributed by atoms with Gasteiger partial charge in [0.1, 0.15) is 0 Å². The molecule has 0 spiro atoms. The Hall–Kier alpha value is -1.60. The highest BCUT2D eigenvalue weighted by atomic mass is 32.2. The summed E-state index contributed by atoms with van der Waals surface area (Å²) in [4.78, 5) is 12.1. The van der Waals surface area contributed by atoms with Crippen LogP contribution < -0.4 is 10.0 Å². The number of carbonyl (C=O) groups excluding carboxylic acids is 1. The molecule has 0 fully saturated rings. The number of nitrogens with one attached hydrogen (secondary N) is 2. The lowest BCUT2D eigenvalue weighted by Gasteiger charge is -2.21. The number of benzene rings is 1. The summed E-state index contributed by atoms with van der Waals surface area (Å²) < 4.78 is 26.4. The molecule has 1 rings (SSSR count). The Morgan fingerprint density at radius 3 is 1.86 bits per heavy atom. The molecule has 7 heteroatoms. The topological polar surface area (TPSA) is 78.5 Å². The van der Waals surface area contributed by atoms with Crippen molar-refractivity contribution >= 4 is 21.9 Å². The molecular formula is C15H25N3O3S. The van der Waals surface area contributed by atoms with Crippen LogP contribution in [0.15, 0.2) is 18.2 Å². The average Bonchev–Trinajstić information content (AvgIpc) is 2.37. The van der Waals surface area contributed by atoms with Crippen molar-refractivity contribution < 1.29 is 13.2 Å². The van der Waals surface area contributed by atoms with Gasteiger partial charge < -0.3 is 5.32 Å². The van der Waals surface area contributed by atoms with Crippen molar-refractivity contribution in [3.05, 3.63) is 29.3 Å². The number of amides is 2. The zero-order valence-corrected chi connectivity index (χ0v) is 14.8. The second kappa shape index (κ2) is 7.11. The van der Waals surface area contributed by atoms with Crippen molar-refractivity contribution in [1.29, 1.82) is 0 Å². The normalized spacial score (nSPS) is 12.0. The molecule has 0 bridgehead atoms. The van der Waals surface area contributed by atoms with Gasteiger partial charge in [0.05, 0.1) is 0 Å². The molecule has 0 saturated heterocycles. The SMILES string of the molecule is CC(C)c1cccc(C(C)C)c1NC(=O)NS(=O)(=O)N(C)C. The van der Waals surface area contributed by atoms with Gasteiger partial charge in [0, 0.05) is 19.8 Å². The Kier molecular flexibility index (Phi) is 5.96. The minimum absolute atomic E-state index is 0.208. The Labute approximate surface area is 133 Å². The van der Waals surface area contributed by atoms with Crippen LogP contribution in [0, 0.1) is 0 Å². The van der Waals surface area contributed by atoms with Gasteiger partial charge in [-0.25, -0.2) is 9.52 Å². The first-order valence-corrected chi connectivity index (χ1v) is 8.64. The fraction of sp³-hybridized carbons (Fsp3) is 0.533. The summed E-state index contributed by atoms with van der Waals surface area (Å²) in [6.07, 6.45) is 0. The molecule has 1 aromatic rings. The van der Waals surface area contributed by atoms with E-state index >= 15 is 0 Å². The highest BCUT2D eigenvalue weighted by Crippen LogP contribution is 2.32. The average molecular weight is 327 g/mol. The van der Waals surface area contributed by atoms with E-state index in [1.54, 1.807) is 0 Å². The van der Waals surface area contributed by atoms with Gasteiger partial charge in [-0.3, -0.25) is 0 Å². The molecule has 0 radical (unpaired) electrons. The molecule has 124 valence electrons. The van der Waals surface area contributed by atoms with Crippen LogP contribution >= 0.6 is 0 Å². The van der Waals surface area contributed by atoms with Crippen LogP contribution in [0.2, 0.25) is 0 Å². The number of hydrogen-bond acceptors (Lipinski definition) is 3. The standard InChI is InChI=1S/C15H25N3O3S/c1-10(2)12-8-7-9-13(11(3)4)14(12)16-15(19)17-22(20,21)18(5)6/h7-11H,1-6H3,(H2,16,17,19). The molecule has 1 aromatic carbocycles. The molecule has 6 nitrogen and oxygen atoms in total.